The molecule has 1 aromatic heterocycles. The fourth-order valence-electron chi connectivity index (χ4n) is 1.78. The van der Waals surface area contributed by atoms with Crippen molar-refractivity contribution in [2.45, 2.75) is 19.3 Å². The highest BCUT2D eigenvalue weighted by molar-refractivity contribution is 6.30. The van der Waals surface area contributed by atoms with Crippen molar-refractivity contribution in [1.29, 1.82) is 0 Å². The van der Waals surface area contributed by atoms with Gasteiger partial charge in [0.1, 0.15) is 0 Å². The maximum atomic E-state index is 5.87. The number of hydrogen-bond donors (Lipinski definition) is 0. The molecular weight excluding hydrogens is 218 g/mol. The van der Waals surface area contributed by atoms with Gasteiger partial charge in [-0.05, 0) is 47.7 Å². The minimum absolute atomic E-state index is 0.500. The number of aromatic nitrogens is 1. The van der Waals surface area contributed by atoms with E-state index in [4.69, 9.17) is 11.6 Å². The van der Waals surface area contributed by atoms with Gasteiger partial charge < -0.3 is 0 Å². The Labute approximate surface area is 101 Å². The van der Waals surface area contributed by atoms with Crippen LogP contribution in [-0.4, -0.2) is 4.98 Å². The van der Waals surface area contributed by atoms with Crippen LogP contribution in [0.2, 0.25) is 5.02 Å². The topological polar surface area (TPSA) is 12.9 Å². The Hall–Kier alpha value is -1.34. The lowest BCUT2D eigenvalue weighted by Crippen LogP contribution is -1.98. The molecule has 0 N–H and O–H groups in total. The number of rotatable bonds is 3. The van der Waals surface area contributed by atoms with Gasteiger partial charge in [0.25, 0.3) is 0 Å². The van der Waals surface area contributed by atoms with E-state index in [1.165, 1.54) is 11.1 Å². The summed E-state index contributed by atoms with van der Waals surface area (Å²) in [6.07, 6.45) is 4.71. The molecule has 0 saturated carbocycles. The smallest absolute Gasteiger partial charge is 0.0406 e. The van der Waals surface area contributed by atoms with Crippen molar-refractivity contribution in [2.24, 2.45) is 0 Å². The van der Waals surface area contributed by atoms with Gasteiger partial charge in [0.05, 0.1) is 0 Å². The number of nitrogens with zero attached hydrogens (tertiary/aromatic N) is 1. The first-order chi connectivity index (χ1) is 7.75. The molecule has 0 aliphatic carbocycles. The fourth-order valence-corrected chi connectivity index (χ4v) is 1.91. The van der Waals surface area contributed by atoms with Gasteiger partial charge in [0.15, 0.2) is 0 Å². The standard InChI is InChI=1S/C14H14ClN/c1-11(10-12-6-8-16-9-7-12)13-2-4-14(15)5-3-13/h2-9,11H,10H2,1H3. The van der Waals surface area contributed by atoms with Crippen molar-refractivity contribution in [3.63, 3.8) is 0 Å². The second kappa shape index (κ2) is 5.13. The zero-order valence-corrected chi connectivity index (χ0v) is 9.98. The molecule has 2 aromatic rings. The average molecular weight is 232 g/mol. The number of halogens is 1. The van der Waals surface area contributed by atoms with E-state index in [-0.39, 0.29) is 0 Å². The molecule has 1 heterocycles. The van der Waals surface area contributed by atoms with Gasteiger partial charge in [0, 0.05) is 17.4 Å². The van der Waals surface area contributed by atoms with E-state index in [2.05, 4.69) is 36.2 Å². The summed E-state index contributed by atoms with van der Waals surface area (Å²) in [5.41, 5.74) is 2.64. The Bertz CT molecular complexity index is 436. The van der Waals surface area contributed by atoms with Crippen LogP contribution in [0, 0.1) is 0 Å². The highest BCUT2D eigenvalue weighted by atomic mass is 35.5. The summed E-state index contributed by atoms with van der Waals surface area (Å²) in [4.78, 5) is 4.02. The molecule has 2 rings (SSSR count). The van der Waals surface area contributed by atoms with Crippen LogP contribution < -0.4 is 0 Å². The average Bonchev–Trinajstić information content (AvgIpc) is 2.31. The predicted molar refractivity (Wildman–Crippen MR) is 67.8 cm³/mol. The zero-order valence-electron chi connectivity index (χ0n) is 9.23. The van der Waals surface area contributed by atoms with E-state index in [1.54, 1.807) is 0 Å². The number of pyridine rings is 1. The Balaban J connectivity index is 2.09. The van der Waals surface area contributed by atoms with Crippen molar-refractivity contribution in [2.75, 3.05) is 0 Å². The predicted octanol–water partition coefficient (Wildman–Crippen LogP) is 4.08. The van der Waals surface area contributed by atoms with Crippen molar-refractivity contribution < 1.29 is 0 Å². The van der Waals surface area contributed by atoms with Crippen LogP contribution in [0.4, 0.5) is 0 Å². The van der Waals surface area contributed by atoms with Crippen molar-refractivity contribution in [1.82, 2.24) is 4.98 Å². The van der Waals surface area contributed by atoms with Gasteiger partial charge in [-0.15, -0.1) is 0 Å². The molecule has 2 heteroatoms. The first-order valence-electron chi connectivity index (χ1n) is 5.40. The summed E-state index contributed by atoms with van der Waals surface area (Å²) in [5, 5.41) is 0.792. The fraction of sp³-hybridized carbons (Fsp3) is 0.214. The molecule has 0 bridgehead atoms. The van der Waals surface area contributed by atoms with Crippen molar-refractivity contribution >= 4 is 11.6 Å². The molecule has 1 atom stereocenters. The van der Waals surface area contributed by atoms with Crippen LogP contribution in [0.1, 0.15) is 24.0 Å². The van der Waals surface area contributed by atoms with Crippen LogP contribution in [-0.2, 0) is 6.42 Å². The Morgan fingerprint density at radius 1 is 1.06 bits per heavy atom. The first kappa shape index (κ1) is 11.2. The van der Waals surface area contributed by atoms with Crippen LogP contribution in [0.3, 0.4) is 0 Å². The van der Waals surface area contributed by atoms with Crippen LogP contribution in [0.25, 0.3) is 0 Å². The van der Waals surface area contributed by atoms with E-state index in [9.17, 15) is 0 Å². The molecule has 0 amide bonds. The molecule has 16 heavy (non-hydrogen) atoms. The molecule has 0 spiro atoms. The quantitative estimate of drug-likeness (QED) is 0.776. The maximum absolute atomic E-state index is 5.87. The molecule has 0 fully saturated rings. The lowest BCUT2D eigenvalue weighted by molar-refractivity contribution is 0.758. The second-order valence-corrected chi connectivity index (χ2v) is 4.45. The minimum atomic E-state index is 0.500. The van der Waals surface area contributed by atoms with Gasteiger partial charge >= 0.3 is 0 Å². The van der Waals surface area contributed by atoms with E-state index in [0.29, 0.717) is 5.92 Å². The summed E-state index contributed by atoms with van der Waals surface area (Å²) in [6, 6.07) is 12.2. The van der Waals surface area contributed by atoms with Crippen molar-refractivity contribution in [3.05, 3.63) is 64.9 Å². The third-order valence-corrected chi connectivity index (χ3v) is 2.98. The summed E-state index contributed by atoms with van der Waals surface area (Å²) >= 11 is 5.87. The summed E-state index contributed by atoms with van der Waals surface area (Å²) in [6.45, 7) is 2.23. The second-order valence-electron chi connectivity index (χ2n) is 4.01. The molecule has 0 saturated heterocycles. The van der Waals surface area contributed by atoms with Gasteiger partial charge in [-0.25, -0.2) is 0 Å². The van der Waals surface area contributed by atoms with E-state index < -0.39 is 0 Å². The summed E-state index contributed by atoms with van der Waals surface area (Å²) in [5.74, 6) is 0.500. The first-order valence-corrected chi connectivity index (χ1v) is 5.78. The van der Waals surface area contributed by atoms with Crippen LogP contribution in [0.15, 0.2) is 48.8 Å². The molecule has 1 aromatic carbocycles. The minimum Gasteiger partial charge on any atom is -0.265 e. The third-order valence-electron chi connectivity index (χ3n) is 2.73. The molecule has 0 aliphatic rings. The molecule has 82 valence electrons. The zero-order chi connectivity index (χ0) is 11.4. The molecule has 1 unspecified atom stereocenters. The van der Waals surface area contributed by atoms with E-state index in [1.807, 2.05) is 24.5 Å². The summed E-state index contributed by atoms with van der Waals surface area (Å²) < 4.78 is 0. The van der Waals surface area contributed by atoms with Gasteiger partial charge in [-0.2, -0.15) is 0 Å². The highest BCUT2D eigenvalue weighted by Crippen LogP contribution is 2.21. The van der Waals surface area contributed by atoms with Crippen molar-refractivity contribution in [3.8, 4) is 0 Å². The largest absolute Gasteiger partial charge is 0.265 e. The molecular formula is C14H14ClN. The lowest BCUT2D eigenvalue weighted by Gasteiger charge is -2.11. The van der Waals surface area contributed by atoms with E-state index in [0.717, 1.165) is 11.4 Å². The summed E-state index contributed by atoms with van der Waals surface area (Å²) in [7, 11) is 0. The van der Waals surface area contributed by atoms with Gasteiger partial charge in [0.2, 0.25) is 0 Å². The normalized spacial score (nSPS) is 12.4. The highest BCUT2D eigenvalue weighted by Gasteiger charge is 2.06. The number of benzene rings is 1. The Morgan fingerprint density at radius 3 is 2.31 bits per heavy atom. The van der Waals surface area contributed by atoms with Crippen LogP contribution >= 0.6 is 11.6 Å². The lowest BCUT2D eigenvalue weighted by atomic mass is 9.94. The SMILES string of the molecule is CC(Cc1ccncc1)c1ccc(Cl)cc1. The molecule has 1 nitrogen and oxygen atoms in total. The third kappa shape index (κ3) is 2.83. The Morgan fingerprint density at radius 2 is 1.69 bits per heavy atom. The monoisotopic (exact) mass is 231 g/mol. The van der Waals surface area contributed by atoms with Gasteiger partial charge in [-0.1, -0.05) is 30.7 Å². The number of hydrogen-bond acceptors (Lipinski definition) is 1. The van der Waals surface area contributed by atoms with E-state index >= 15 is 0 Å². The Kier molecular flexibility index (Phi) is 3.58. The van der Waals surface area contributed by atoms with Gasteiger partial charge in [-0.3, -0.25) is 4.98 Å². The van der Waals surface area contributed by atoms with Crippen LogP contribution in [0.5, 0.6) is 0 Å². The maximum Gasteiger partial charge on any atom is 0.0406 e. The molecule has 0 radical (unpaired) electrons. The molecule has 0 aliphatic heterocycles.